The van der Waals surface area contributed by atoms with Crippen molar-refractivity contribution in [3.05, 3.63) is 57.3 Å². The normalized spacial score (nSPS) is 18.9. The number of halogens is 2. The minimum Gasteiger partial charge on any atom is -0.340 e. The van der Waals surface area contributed by atoms with Crippen molar-refractivity contribution in [2.45, 2.75) is 18.2 Å². The molecule has 0 spiro atoms. The Morgan fingerprint density at radius 3 is 2.71 bits per heavy atom. The summed E-state index contributed by atoms with van der Waals surface area (Å²) in [6, 6.07) is 12.6. The summed E-state index contributed by atoms with van der Waals surface area (Å²) in [6.45, 7) is 2.10. The molecule has 0 amide bonds. The fourth-order valence-corrected chi connectivity index (χ4v) is 5.88. The summed E-state index contributed by atoms with van der Waals surface area (Å²) in [4.78, 5) is 11.5. The van der Waals surface area contributed by atoms with Gasteiger partial charge in [-0.1, -0.05) is 30.8 Å². The Bertz CT molecular complexity index is 1120. The van der Waals surface area contributed by atoms with Gasteiger partial charge in [-0.3, -0.25) is 4.99 Å². The molecule has 1 unspecified atom stereocenters. The van der Waals surface area contributed by atoms with Gasteiger partial charge in [0.15, 0.2) is 0 Å². The Kier molecular flexibility index (Phi) is 5.17. The van der Waals surface area contributed by atoms with Crippen LogP contribution in [0, 0.1) is 17.1 Å². The predicted molar refractivity (Wildman–Crippen MR) is 119 cm³/mol. The Morgan fingerprint density at radius 1 is 1.29 bits per heavy atom. The lowest BCUT2D eigenvalue weighted by Crippen LogP contribution is -2.48. The third-order valence-electron chi connectivity index (χ3n) is 4.76. The molecule has 2 aromatic heterocycles. The van der Waals surface area contributed by atoms with Gasteiger partial charge in [-0.05, 0) is 46.6 Å². The molecule has 142 valence electrons. The highest BCUT2D eigenvalue weighted by Gasteiger charge is 2.46. The molecular formula is C20H16BrFN4S2. The zero-order valence-corrected chi connectivity index (χ0v) is 18.5. The van der Waals surface area contributed by atoms with Crippen molar-refractivity contribution in [2.24, 2.45) is 4.99 Å². The van der Waals surface area contributed by atoms with E-state index in [0.29, 0.717) is 11.6 Å². The average molecular weight is 475 g/mol. The van der Waals surface area contributed by atoms with Crippen LogP contribution in [0.1, 0.15) is 17.4 Å². The lowest BCUT2D eigenvalue weighted by atomic mass is 10.0. The maximum absolute atomic E-state index is 13.4. The van der Waals surface area contributed by atoms with Crippen LogP contribution >= 0.6 is 39.0 Å². The summed E-state index contributed by atoms with van der Waals surface area (Å²) in [7, 11) is 1.92. The van der Waals surface area contributed by atoms with Gasteiger partial charge in [0.2, 0.25) is 4.87 Å². The molecule has 0 saturated heterocycles. The van der Waals surface area contributed by atoms with Crippen molar-refractivity contribution >= 4 is 60.6 Å². The molecule has 4 nitrogen and oxygen atoms in total. The number of nitriles is 1. The van der Waals surface area contributed by atoms with E-state index in [1.807, 2.05) is 24.1 Å². The zero-order chi connectivity index (χ0) is 19.9. The second-order valence-corrected chi connectivity index (χ2v) is 9.40. The van der Waals surface area contributed by atoms with E-state index in [1.165, 1.54) is 28.8 Å². The van der Waals surface area contributed by atoms with Crippen LogP contribution in [0.3, 0.4) is 0 Å². The maximum Gasteiger partial charge on any atom is 0.219 e. The van der Waals surface area contributed by atoms with Crippen molar-refractivity contribution < 1.29 is 4.39 Å². The zero-order valence-electron chi connectivity index (χ0n) is 15.2. The van der Waals surface area contributed by atoms with Gasteiger partial charge in [-0.15, -0.1) is 11.3 Å². The summed E-state index contributed by atoms with van der Waals surface area (Å²) >= 11 is 6.62. The Hall–Kier alpha value is -1.95. The maximum atomic E-state index is 13.4. The first-order chi connectivity index (χ1) is 13.5. The first-order valence-corrected chi connectivity index (χ1v) is 11.3. The minimum absolute atomic E-state index is 0.308. The van der Waals surface area contributed by atoms with E-state index in [2.05, 4.69) is 38.9 Å². The third kappa shape index (κ3) is 3.02. The Labute approximate surface area is 179 Å². The fraction of sp³-hybridized carbons (Fsp3) is 0.250. The standard InChI is InChI=1S/C20H16BrFN4S2/c1-3-14-18(17-15(28-14)8-9-16(21)25-17)26(2)20(10-23)19(24-11-27-20)12-4-6-13(22)7-5-12/h4-9H,3,11H2,1-2H3. The van der Waals surface area contributed by atoms with Crippen LogP contribution in [0.4, 0.5) is 10.1 Å². The first-order valence-electron chi connectivity index (χ1n) is 8.68. The highest BCUT2D eigenvalue weighted by Crippen LogP contribution is 2.46. The molecule has 0 bridgehead atoms. The Morgan fingerprint density at radius 2 is 2.04 bits per heavy atom. The number of hydrogen-bond donors (Lipinski definition) is 0. The lowest BCUT2D eigenvalue weighted by molar-refractivity contribution is 0.627. The smallest absolute Gasteiger partial charge is 0.219 e. The number of aryl methyl sites for hydroxylation is 1. The molecule has 0 aliphatic carbocycles. The second kappa shape index (κ2) is 7.47. The van der Waals surface area contributed by atoms with Gasteiger partial charge >= 0.3 is 0 Å². The third-order valence-corrected chi connectivity index (χ3v) is 7.71. The highest BCUT2D eigenvalue weighted by atomic mass is 79.9. The summed E-state index contributed by atoms with van der Waals surface area (Å²) < 4.78 is 15.2. The molecule has 1 aliphatic heterocycles. The van der Waals surface area contributed by atoms with E-state index in [4.69, 9.17) is 0 Å². The number of likely N-dealkylation sites (N-methyl/N-ethyl adjacent to an activating group) is 1. The summed E-state index contributed by atoms with van der Waals surface area (Å²) in [6.07, 6.45) is 0.841. The molecule has 4 rings (SSSR count). The average Bonchev–Trinajstić information content (AvgIpc) is 3.29. The topological polar surface area (TPSA) is 52.3 Å². The number of aromatic nitrogens is 1. The van der Waals surface area contributed by atoms with Crippen molar-refractivity contribution in [3.63, 3.8) is 0 Å². The molecule has 0 radical (unpaired) electrons. The number of nitrogens with zero attached hydrogens (tertiary/aromatic N) is 4. The van der Waals surface area contributed by atoms with E-state index in [0.717, 1.165) is 32.5 Å². The first kappa shape index (κ1) is 19.4. The van der Waals surface area contributed by atoms with Gasteiger partial charge in [0.1, 0.15) is 22.0 Å². The number of hydrogen-bond acceptors (Lipinski definition) is 6. The van der Waals surface area contributed by atoms with Crippen LogP contribution in [0.25, 0.3) is 10.2 Å². The number of thiophene rings is 1. The molecule has 1 aliphatic rings. The lowest BCUT2D eigenvalue weighted by Gasteiger charge is -2.35. The SMILES string of the molecule is CCc1sc2ccc(Br)nc2c1N(C)C1(C#N)SCN=C1c1ccc(F)cc1. The molecule has 3 aromatic rings. The van der Waals surface area contributed by atoms with Crippen molar-refractivity contribution in [2.75, 3.05) is 17.8 Å². The van der Waals surface area contributed by atoms with E-state index >= 15 is 0 Å². The van der Waals surface area contributed by atoms with E-state index < -0.39 is 4.87 Å². The van der Waals surface area contributed by atoms with E-state index in [9.17, 15) is 9.65 Å². The van der Waals surface area contributed by atoms with Crippen LogP contribution in [0.2, 0.25) is 0 Å². The Balaban J connectivity index is 1.88. The van der Waals surface area contributed by atoms with Gasteiger partial charge in [0.05, 0.1) is 22.0 Å². The van der Waals surface area contributed by atoms with Crippen molar-refractivity contribution in [3.8, 4) is 6.07 Å². The minimum atomic E-state index is -1.00. The number of anilines is 1. The number of rotatable bonds is 4. The molecule has 1 aromatic carbocycles. The number of fused-ring (bicyclic) bond motifs is 1. The second-order valence-electron chi connectivity index (χ2n) is 6.31. The van der Waals surface area contributed by atoms with Gasteiger partial charge in [0.25, 0.3) is 0 Å². The fourth-order valence-electron chi connectivity index (χ4n) is 3.41. The molecule has 0 saturated carbocycles. The summed E-state index contributed by atoms with van der Waals surface area (Å²) in [5.41, 5.74) is 3.24. The quantitative estimate of drug-likeness (QED) is 0.461. The largest absolute Gasteiger partial charge is 0.340 e. The van der Waals surface area contributed by atoms with E-state index in [-0.39, 0.29) is 5.82 Å². The van der Waals surface area contributed by atoms with Crippen molar-refractivity contribution in [1.29, 1.82) is 5.26 Å². The predicted octanol–water partition coefficient (Wildman–Crippen LogP) is 5.61. The summed E-state index contributed by atoms with van der Waals surface area (Å²) in [5.74, 6) is 0.169. The molecule has 1 atom stereocenters. The molecule has 8 heteroatoms. The summed E-state index contributed by atoms with van der Waals surface area (Å²) in [5, 5.41) is 10.3. The molecule has 0 fully saturated rings. The van der Waals surface area contributed by atoms with Crippen LogP contribution in [-0.4, -0.2) is 28.5 Å². The van der Waals surface area contributed by atoms with Gasteiger partial charge in [0, 0.05) is 17.5 Å². The van der Waals surface area contributed by atoms with Gasteiger partial charge < -0.3 is 4.90 Å². The molecule has 0 N–H and O–H groups in total. The van der Waals surface area contributed by atoms with Gasteiger partial charge in [-0.25, -0.2) is 9.37 Å². The van der Waals surface area contributed by atoms with E-state index in [1.54, 1.807) is 23.5 Å². The van der Waals surface area contributed by atoms with Crippen LogP contribution < -0.4 is 4.90 Å². The van der Waals surface area contributed by atoms with Crippen LogP contribution in [0.15, 0.2) is 46.0 Å². The number of aliphatic imine (C=N–C) groups is 1. The molecule has 3 heterocycles. The van der Waals surface area contributed by atoms with Crippen LogP contribution in [0.5, 0.6) is 0 Å². The molecular weight excluding hydrogens is 459 g/mol. The number of thioether (sulfide) groups is 1. The number of benzene rings is 1. The monoisotopic (exact) mass is 474 g/mol. The number of pyridine rings is 1. The highest BCUT2D eigenvalue weighted by molar-refractivity contribution is 9.10. The van der Waals surface area contributed by atoms with Gasteiger partial charge in [-0.2, -0.15) is 5.26 Å². The van der Waals surface area contributed by atoms with Crippen molar-refractivity contribution in [1.82, 2.24) is 4.98 Å². The molecule has 28 heavy (non-hydrogen) atoms. The van der Waals surface area contributed by atoms with Crippen LogP contribution in [-0.2, 0) is 6.42 Å².